The predicted molar refractivity (Wildman–Crippen MR) is 149 cm³/mol. The Morgan fingerprint density at radius 3 is 2.22 bits per heavy atom. The van der Waals surface area contributed by atoms with Gasteiger partial charge in [-0.15, -0.1) is 0 Å². The standard InChI is InChI=1S/C31H24BrNO4/c1-35-28-20-22(18-26(32)29(28)36-17-16-21-8-4-2-5-9-21)19-27-31(34)37-30(33-27)25-14-12-24(13-15-25)23-10-6-3-7-11-23/h2-15,18-20H,16-17H2,1H3/b27-19-. The summed E-state index contributed by atoms with van der Waals surface area (Å²) in [4.78, 5) is 17.0. The highest BCUT2D eigenvalue weighted by Crippen LogP contribution is 2.37. The van der Waals surface area contributed by atoms with Gasteiger partial charge in [-0.05, 0) is 68.5 Å². The molecule has 0 aromatic heterocycles. The van der Waals surface area contributed by atoms with Crippen LogP contribution in [0.15, 0.2) is 112 Å². The van der Waals surface area contributed by atoms with Crippen molar-refractivity contribution >= 4 is 33.9 Å². The van der Waals surface area contributed by atoms with Crippen LogP contribution in [0, 0.1) is 0 Å². The first-order valence-corrected chi connectivity index (χ1v) is 12.6. The molecule has 6 heteroatoms. The molecule has 0 bridgehead atoms. The fourth-order valence-corrected chi connectivity index (χ4v) is 4.58. The van der Waals surface area contributed by atoms with Gasteiger partial charge in [0.2, 0.25) is 5.90 Å². The second kappa shape index (κ2) is 11.3. The van der Waals surface area contributed by atoms with E-state index in [-0.39, 0.29) is 11.6 Å². The quantitative estimate of drug-likeness (QED) is 0.172. The Bertz CT molecular complexity index is 1460. The molecule has 0 fully saturated rings. The van der Waals surface area contributed by atoms with Gasteiger partial charge in [-0.25, -0.2) is 9.79 Å². The largest absolute Gasteiger partial charge is 0.493 e. The Balaban J connectivity index is 1.33. The Labute approximate surface area is 224 Å². The lowest BCUT2D eigenvalue weighted by molar-refractivity contribution is -0.129. The molecular weight excluding hydrogens is 530 g/mol. The number of cyclic esters (lactones) is 1. The maximum atomic E-state index is 12.6. The van der Waals surface area contributed by atoms with Gasteiger partial charge in [0.05, 0.1) is 18.2 Å². The van der Waals surface area contributed by atoms with E-state index >= 15 is 0 Å². The molecule has 0 radical (unpaired) electrons. The summed E-state index contributed by atoms with van der Waals surface area (Å²) in [6.45, 7) is 0.502. The van der Waals surface area contributed by atoms with Crippen LogP contribution < -0.4 is 9.47 Å². The molecule has 0 saturated heterocycles. The number of esters is 1. The van der Waals surface area contributed by atoms with E-state index in [0.29, 0.717) is 18.1 Å². The summed E-state index contributed by atoms with van der Waals surface area (Å²) in [5.41, 5.74) is 5.07. The number of methoxy groups -OCH3 is 1. The number of hydrogen-bond acceptors (Lipinski definition) is 5. The third kappa shape index (κ3) is 5.81. The molecule has 0 N–H and O–H groups in total. The summed E-state index contributed by atoms with van der Waals surface area (Å²) in [5.74, 6) is 0.946. The normalized spacial score (nSPS) is 13.8. The molecule has 0 unspecified atom stereocenters. The van der Waals surface area contributed by atoms with Crippen LogP contribution in [0.4, 0.5) is 0 Å². The monoisotopic (exact) mass is 553 g/mol. The van der Waals surface area contributed by atoms with Gasteiger partial charge in [0.1, 0.15) is 0 Å². The van der Waals surface area contributed by atoms with Gasteiger partial charge in [0, 0.05) is 12.0 Å². The van der Waals surface area contributed by atoms with E-state index in [0.717, 1.165) is 33.1 Å². The van der Waals surface area contributed by atoms with Gasteiger partial charge < -0.3 is 14.2 Å². The van der Waals surface area contributed by atoms with Crippen molar-refractivity contribution in [1.29, 1.82) is 0 Å². The lowest BCUT2D eigenvalue weighted by Crippen LogP contribution is -2.05. The molecule has 0 atom stereocenters. The summed E-state index contributed by atoms with van der Waals surface area (Å²) in [7, 11) is 1.59. The highest BCUT2D eigenvalue weighted by Gasteiger charge is 2.24. The minimum atomic E-state index is -0.500. The summed E-state index contributed by atoms with van der Waals surface area (Å²) in [5, 5.41) is 0. The third-order valence-electron chi connectivity index (χ3n) is 5.89. The lowest BCUT2D eigenvalue weighted by Gasteiger charge is -2.13. The van der Waals surface area contributed by atoms with Crippen LogP contribution in [0.5, 0.6) is 11.5 Å². The van der Waals surface area contributed by atoms with E-state index in [9.17, 15) is 4.79 Å². The zero-order chi connectivity index (χ0) is 25.6. The van der Waals surface area contributed by atoms with Crippen molar-refractivity contribution < 1.29 is 19.0 Å². The average Bonchev–Trinajstić information content (AvgIpc) is 3.30. The molecular formula is C31H24BrNO4. The zero-order valence-corrected chi connectivity index (χ0v) is 21.8. The Morgan fingerprint density at radius 2 is 1.51 bits per heavy atom. The fourth-order valence-electron chi connectivity index (χ4n) is 4.01. The van der Waals surface area contributed by atoms with Crippen LogP contribution in [0.3, 0.4) is 0 Å². The second-order valence-electron chi connectivity index (χ2n) is 8.40. The number of hydrogen-bond donors (Lipinski definition) is 0. The average molecular weight is 554 g/mol. The second-order valence-corrected chi connectivity index (χ2v) is 9.25. The van der Waals surface area contributed by atoms with Crippen molar-refractivity contribution in [3.8, 4) is 22.6 Å². The van der Waals surface area contributed by atoms with Crippen LogP contribution in [-0.4, -0.2) is 25.6 Å². The molecule has 0 spiro atoms. The van der Waals surface area contributed by atoms with Gasteiger partial charge in [-0.2, -0.15) is 0 Å². The molecule has 1 aliphatic rings. The van der Waals surface area contributed by atoms with Gasteiger partial charge in [0.15, 0.2) is 17.2 Å². The van der Waals surface area contributed by atoms with Gasteiger partial charge in [0.25, 0.3) is 0 Å². The van der Waals surface area contributed by atoms with Crippen LogP contribution >= 0.6 is 15.9 Å². The van der Waals surface area contributed by atoms with E-state index in [2.05, 4.69) is 45.2 Å². The van der Waals surface area contributed by atoms with Crippen molar-refractivity contribution in [3.05, 3.63) is 124 Å². The van der Waals surface area contributed by atoms with Gasteiger partial charge >= 0.3 is 5.97 Å². The van der Waals surface area contributed by atoms with Crippen LogP contribution in [0.2, 0.25) is 0 Å². The van der Waals surface area contributed by atoms with E-state index in [1.165, 1.54) is 5.56 Å². The maximum Gasteiger partial charge on any atom is 0.363 e. The Morgan fingerprint density at radius 1 is 0.865 bits per heavy atom. The molecule has 4 aromatic rings. The van der Waals surface area contributed by atoms with Crippen molar-refractivity contribution in [1.82, 2.24) is 0 Å². The minimum absolute atomic E-state index is 0.217. The molecule has 37 heavy (non-hydrogen) atoms. The summed E-state index contributed by atoms with van der Waals surface area (Å²) < 4.78 is 17.8. The molecule has 0 amide bonds. The number of halogens is 1. The highest BCUT2D eigenvalue weighted by molar-refractivity contribution is 9.10. The molecule has 1 aliphatic heterocycles. The maximum absolute atomic E-state index is 12.6. The molecule has 0 saturated carbocycles. The first-order valence-electron chi connectivity index (χ1n) is 11.8. The van der Waals surface area contributed by atoms with Crippen LogP contribution in [-0.2, 0) is 16.0 Å². The topological polar surface area (TPSA) is 57.1 Å². The van der Waals surface area contributed by atoms with E-state index in [1.807, 2.05) is 72.8 Å². The molecule has 5 rings (SSSR count). The first-order chi connectivity index (χ1) is 18.1. The number of carbonyl (C=O) groups is 1. The van der Waals surface area contributed by atoms with E-state index in [4.69, 9.17) is 14.2 Å². The third-order valence-corrected chi connectivity index (χ3v) is 6.48. The van der Waals surface area contributed by atoms with Gasteiger partial charge in [-0.3, -0.25) is 0 Å². The predicted octanol–water partition coefficient (Wildman–Crippen LogP) is 7.09. The number of benzene rings is 4. The van der Waals surface area contributed by atoms with E-state index < -0.39 is 5.97 Å². The molecule has 5 nitrogen and oxygen atoms in total. The van der Waals surface area contributed by atoms with Crippen LogP contribution in [0.25, 0.3) is 17.2 Å². The number of ether oxygens (including phenoxy) is 3. The number of rotatable bonds is 8. The number of nitrogens with zero attached hydrogens (tertiary/aromatic N) is 1. The molecule has 0 aliphatic carbocycles. The lowest BCUT2D eigenvalue weighted by atomic mass is 10.0. The van der Waals surface area contributed by atoms with Crippen molar-refractivity contribution in [2.24, 2.45) is 4.99 Å². The van der Waals surface area contributed by atoms with Crippen molar-refractivity contribution in [3.63, 3.8) is 0 Å². The number of carbonyl (C=O) groups excluding carboxylic acids is 1. The van der Waals surface area contributed by atoms with Crippen molar-refractivity contribution in [2.45, 2.75) is 6.42 Å². The molecule has 184 valence electrons. The Kier molecular flexibility index (Phi) is 7.47. The summed E-state index contributed by atoms with van der Waals surface area (Å²) in [6, 6.07) is 31.7. The van der Waals surface area contributed by atoms with E-state index in [1.54, 1.807) is 13.2 Å². The first kappa shape index (κ1) is 24.5. The summed E-state index contributed by atoms with van der Waals surface area (Å²) >= 11 is 3.58. The highest BCUT2D eigenvalue weighted by atomic mass is 79.9. The minimum Gasteiger partial charge on any atom is -0.493 e. The smallest absolute Gasteiger partial charge is 0.363 e. The van der Waals surface area contributed by atoms with Crippen LogP contribution in [0.1, 0.15) is 16.7 Å². The summed E-state index contributed by atoms with van der Waals surface area (Å²) in [6.07, 6.45) is 2.45. The van der Waals surface area contributed by atoms with Crippen molar-refractivity contribution in [2.75, 3.05) is 13.7 Å². The molecule has 1 heterocycles. The molecule has 4 aromatic carbocycles. The Hall–Kier alpha value is -4.16. The fraction of sp³-hybridized carbons (Fsp3) is 0.0968. The number of aliphatic imine (C=N–C) groups is 1. The van der Waals surface area contributed by atoms with Gasteiger partial charge in [-0.1, -0.05) is 72.8 Å². The SMILES string of the molecule is COc1cc(/C=C2\N=C(c3ccc(-c4ccccc4)cc3)OC2=O)cc(Br)c1OCCc1ccccc1. The zero-order valence-electron chi connectivity index (χ0n) is 20.2.